The standard InChI is InChI=1S/C25H32FN/c1-16-8-10-24(2)18(12-16)4-5-20-22-7-6-21(17-13-19(26)15-27-14-17)25(22,3)11-9-23(20)24/h6-7,13-16,18,20,23H,4-5,8-12H2,1-3H3/t16-,18?,20-,23-,24-,25+/m0/s1. The lowest BCUT2D eigenvalue weighted by Gasteiger charge is -2.59. The summed E-state index contributed by atoms with van der Waals surface area (Å²) in [4.78, 5) is 4.11. The molecule has 0 amide bonds. The van der Waals surface area contributed by atoms with Crippen LogP contribution in [0, 0.1) is 40.3 Å². The molecule has 0 spiro atoms. The fourth-order valence-corrected chi connectivity index (χ4v) is 7.44. The second-order valence-electron chi connectivity index (χ2n) is 10.3. The lowest BCUT2D eigenvalue weighted by atomic mass is 9.45. The van der Waals surface area contributed by atoms with Gasteiger partial charge in [0.05, 0.1) is 6.20 Å². The molecule has 0 aliphatic heterocycles. The molecular formula is C25H32FN. The van der Waals surface area contributed by atoms with E-state index in [2.05, 4.69) is 37.9 Å². The van der Waals surface area contributed by atoms with Gasteiger partial charge in [0.25, 0.3) is 0 Å². The first-order valence-electron chi connectivity index (χ1n) is 11.0. The van der Waals surface area contributed by atoms with Crippen molar-refractivity contribution >= 4 is 5.57 Å². The molecule has 0 radical (unpaired) electrons. The van der Waals surface area contributed by atoms with Crippen LogP contribution in [0.4, 0.5) is 4.39 Å². The van der Waals surface area contributed by atoms with Crippen molar-refractivity contribution in [2.45, 2.75) is 65.7 Å². The molecule has 5 rings (SSSR count). The Bertz CT molecular complexity index is 823. The first-order chi connectivity index (χ1) is 12.9. The van der Waals surface area contributed by atoms with Crippen molar-refractivity contribution in [3.8, 4) is 0 Å². The normalized spacial score (nSPS) is 43.3. The van der Waals surface area contributed by atoms with Crippen LogP contribution in [0.1, 0.15) is 71.3 Å². The third-order valence-electron chi connectivity index (χ3n) is 8.99. The van der Waals surface area contributed by atoms with E-state index < -0.39 is 0 Å². The molecule has 3 saturated carbocycles. The maximum Gasteiger partial charge on any atom is 0.142 e. The number of fused-ring (bicyclic) bond motifs is 5. The molecule has 1 heterocycles. The number of nitrogens with zero attached hydrogens (tertiary/aromatic N) is 1. The number of hydrogen-bond donors (Lipinski definition) is 0. The van der Waals surface area contributed by atoms with Crippen molar-refractivity contribution < 1.29 is 4.39 Å². The highest BCUT2D eigenvalue weighted by Crippen LogP contribution is 2.66. The Labute approximate surface area is 163 Å². The first kappa shape index (κ1) is 17.6. The van der Waals surface area contributed by atoms with Gasteiger partial charge >= 0.3 is 0 Å². The summed E-state index contributed by atoms with van der Waals surface area (Å²) in [5.41, 5.74) is 4.49. The van der Waals surface area contributed by atoms with Gasteiger partial charge in [-0.3, -0.25) is 4.98 Å². The zero-order chi connectivity index (χ0) is 18.8. The van der Waals surface area contributed by atoms with Gasteiger partial charge in [-0.15, -0.1) is 0 Å². The minimum atomic E-state index is -0.233. The summed E-state index contributed by atoms with van der Waals surface area (Å²) in [5.74, 6) is 3.15. The highest BCUT2D eigenvalue weighted by molar-refractivity contribution is 5.78. The summed E-state index contributed by atoms with van der Waals surface area (Å²) in [6, 6.07) is 1.66. The zero-order valence-electron chi connectivity index (χ0n) is 17.0. The quantitative estimate of drug-likeness (QED) is 0.532. The third kappa shape index (κ3) is 2.51. The van der Waals surface area contributed by atoms with Crippen LogP contribution in [0.5, 0.6) is 0 Å². The average molecular weight is 366 g/mol. The van der Waals surface area contributed by atoms with E-state index in [1.807, 2.05) is 6.20 Å². The second kappa shape index (κ2) is 6.03. The van der Waals surface area contributed by atoms with Crippen molar-refractivity contribution in [1.29, 1.82) is 0 Å². The topological polar surface area (TPSA) is 12.9 Å². The molecule has 4 aliphatic rings. The lowest BCUT2D eigenvalue weighted by Crippen LogP contribution is -2.50. The van der Waals surface area contributed by atoms with E-state index in [1.165, 1.54) is 56.7 Å². The summed E-state index contributed by atoms with van der Waals surface area (Å²) >= 11 is 0. The fourth-order valence-electron chi connectivity index (χ4n) is 7.44. The van der Waals surface area contributed by atoms with Crippen LogP contribution in [-0.4, -0.2) is 4.98 Å². The minimum Gasteiger partial charge on any atom is -0.261 e. The summed E-state index contributed by atoms with van der Waals surface area (Å²) < 4.78 is 13.8. The molecule has 1 aromatic rings. The number of hydrogen-bond acceptors (Lipinski definition) is 1. The number of halogens is 1. The molecule has 0 saturated heterocycles. The molecule has 4 aliphatic carbocycles. The highest BCUT2D eigenvalue weighted by atomic mass is 19.1. The van der Waals surface area contributed by atoms with Gasteiger partial charge in [-0.1, -0.05) is 44.9 Å². The number of aromatic nitrogens is 1. The van der Waals surface area contributed by atoms with Gasteiger partial charge in [-0.2, -0.15) is 0 Å². The molecule has 1 unspecified atom stereocenters. The number of rotatable bonds is 1. The van der Waals surface area contributed by atoms with E-state index in [-0.39, 0.29) is 11.2 Å². The Morgan fingerprint density at radius 1 is 1.04 bits per heavy atom. The predicted octanol–water partition coefficient (Wildman–Crippen LogP) is 6.81. The van der Waals surface area contributed by atoms with Crippen LogP contribution in [0.25, 0.3) is 5.57 Å². The molecule has 144 valence electrons. The maximum atomic E-state index is 13.8. The lowest BCUT2D eigenvalue weighted by molar-refractivity contribution is -0.0579. The maximum absolute atomic E-state index is 13.8. The number of pyridine rings is 1. The SMILES string of the molecule is C[C@H]1CC[C@@]2(C)C(CC[C@H]3C4=CC=C(c5cncc(F)c5)[C@@]4(C)CC[C@@H]32)C1. The van der Waals surface area contributed by atoms with E-state index in [0.29, 0.717) is 11.3 Å². The van der Waals surface area contributed by atoms with Crippen LogP contribution in [0.2, 0.25) is 0 Å². The van der Waals surface area contributed by atoms with Crippen LogP contribution in [-0.2, 0) is 0 Å². The Morgan fingerprint density at radius 2 is 1.89 bits per heavy atom. The third-order valence-corrected chi connectivity index (χ3v) is 8.99. The van der Waals surface area contributed by atoms with Gasteiger partial charge in [0.15, 0.2) is 0 Å². The Morgan fingerprint density at radius 3 is 2.70 bits per heavy atom. The predicted molar refractivity (Wildman–Crippen MR) is 108 cm³/mol. The summed E-state index contributed by atoms with van der Waals surface area (Å²) in [6.45, 7) is 7.46. The van der Waals surface area contributed by atoms with Gasteiger partial charge in [-0.25, -0.2) is 4.39 Å². The molecule has 1 aromatic heterocycles. The van der Waals surface area contributed by atoms with Crippen molar-refractivity contribution in [3.05, 3.63) is 47.6 Å². The van der Waals surface area contributed by atoms with Crippen molar-refractivity contribution in [3.63, 3.8) is 0 Å². The van der Waals surface area contributed by atoms with Crippen LogP contribution in [0.15, 0.2) is 36.2 Å². The van der Waals surface area contributed by atoms with E-state index in [0.717, 1.165) is 23.3 Å². The summed E-state index contributed by atoms with van der Waals surface area (Å²) in [6.07, 6.45) is 17.3. The molecule has 0 bridgehead atoms. The van der Waals surface area contributed by atoms with E-state index in [4.69, 9.17) is 0 Å². The Balaban J connectivity index is 1.46. The first-order valence-corrected chi connectivity index (χ1v) is 11.0. The van der Waals surface area contributed by atoms with Gasteiger partial charge in [0, 0.05) is 11.6 Å². The van der Waals surface area contributed by atoms with Gasteiger partial charge in [-0.05, 0) is 84.8 Å². The molecule has 3 fully saturated rings. The minimum absolute atomic E-state index is 0.0712. The van der Waals surface area contributed by atoms with Crippen LogP contribution >= 0.6 is 0 Å². The molecule has 1 nitrogen and oxygen atoms in total. The molecule has 6 atom stereocenters. The van der Waals surface area contributed by atoms with E-state index in [9.17, 15) is 4.39 Å². The zero-order valence-corrected chi connectivity index (χ0v) is 17.0. The molecule has 0 aromatic carbocycles. The van der Waals surface area contributed by atoms with E-state index >= 15 is 0 Å². The Hall–Kier alpha value is -1.44. The van der Waals surface area contributed by atoms with E-state index in [1.54, 1.807) is 11.6 Å². The van der Waals surface area contributed by atoms with Crippen LogP contribution in [0.3, 0.4) is 0 Å². The summed E-state index contributed by atoms with van der Waals surface area (Å²) in [7, 11) is 0. The van der Waals surface area contributed by atoms with Gasteiger partial charge in [0.1, 0.15) is 5.82 Å². The fraction of sp³-hybridized carbons (Fsp3) is 0.640. The smallest absolute Gasteiger partial charge is 0.142 e. The Kier molecular flexibility index (Phi) is 3.94. The average Bonchev–Trinajstić information content (AvgIpc) is 2.99. The molecule has 2 heteroatoms. The van der Waals surface area contributed by atoms with Gasteiger partial charge in [0.2, 0.25) is 0 Å². The monoisotopic (exact) mass is 365 g/mol. The van der Waals surface area contributed by atoms with Crippen LogP contribution < -0.4 is 0 Å². The van der Waals surface area contributed by atoms with Crippen molar-refractivity contribution in [1.82, 2.24) is 4.98 Å². The molecule has 27 heavy (non-hydrogen) atoms. The molecular weight excluding hydrogens is 333 g/mol. The number of allylic oxidation sites excluding steroid dienone is 4. The van der Waals surface area contributed by atoms with Gasteiger partial charge < -0.3 is 0 Å². The second-order valence-corrected chi connectivity index (χ2v) is 10.3. The summed E-state index contributed by atoms with van der Waals surface area (Å²) in [5, 5.41) is 0. The molecule has 0 N–H and O–H groups in total. The largest absolute Gasteiger partial charge is 0.261 e. The van der Waals surface area contributed by atoms with Crippen molar-refractivity contribution in [2.24, 2.45) is 34.5 Å². The highest BCUT2D eigenvalue weighted by Gasteiger charge is 2.56. The van der Waals surface area contributed by atoms with Crippen molar-refractivity contribution in [2.75, 3.05) is 0 Å².